The van der Waals surface area contributed by atoms with Crippen LogP contribution < -0.4 is 0 Å². The first kappa shape index (κ1) is 11.7. The van der Waals surface area contributed by atoms with E-state index in [-0.39, 0.29) is 0 Å². The molecule has 1 aromatic carbocycles. The van der Waals surface area contributed by atoms with E-state index < -0.39 is 5.97 Å². The van der Waals surface area contributed by atoms with E-state index in [1.165, 1.54) is 0 Å². The molecular formula is C12H16O3. The van der Waals surface area contributed by atoms with Gasteiger partial charge in [-0.1, -0.05) is 19.1 Å². The Morgan fingerprint density at radius 1 is 1.27 bits per heavy atom. The predicted octanol–water partition coefficient (Wildman–Crippen LogP) is 2.35. The SMILES string of the molecule is CCCOCCc1ccc(C(=O)O)cc1. The molecule has 0 aliphatic carbocycles. The first-order valence-electron chi connectivity index (χ1n) is 5.14. The molecule has 0 saturated heterocycles. The molecule has 0 atom stereocenters. The van der Waals surface area contributed by atoms with Crippen LogP contribution in [0.4, 0.5) is 0 Å². The van der Waals surface area contributed by atoms with Crippen LogP contribution in [0.25, 0.3) is 0 Å². The third kappa shape index (κ3) is 4.13. The number of rotatable bonds is 6. The molecule has 0 amide bonds. The van der Waals surface area contributed by atoms with Crippen molar-refractivity contribution >= 4 is 5.97 Å². The Hall–Kier alpha value is -1.35. The summed E-state index contributed by atoms with van der Waals surface area (Å²) < 4.78 is 5.35. The molecule has 0 aliphatic heterocycles. The molecular weight excluding hydrogens is 192 g/mol. The third-order valence-electron chi connectivity index (χ3n) is 2.08. The van der Waals surface area contributed by atoms with Crippen LogP contribution in [-0.2, 0) is 11.2 Å². The van der Waals surface area contributed by atoms with Crippen LogP contribution in [0.3, 0.4) is 0 Å². The van der Waals surface area contributed by atoms with E-state index in [0.29, 0.717) is 12.2 Å². The minimum Gasteiger partial charge on any atom is -0.478 e. The van der Waals surface area contributed by atoms with E-state index in [1.807, 2.05) is 12.1 Å². The number of ether oxygens (including phenoxy) is 1. The van der Waals surface area contributed by atoms with Crippen LogP contribution in [0, 0.1) is 0 Å². The lowest BCUT2D eigenvalue weighted by atomic mass is 10.1. The molecule has 1 N–H and O–H groups in total. The van der Waals surface area contributed by atoms with E-state index in [0.717, 1.165) is 25.0 Å². The Labute approximate surface area is 89.7 Å². The summed E-state index contributed by atoms with van der Waals surface area (Å²) in [6.07, 6.45) is 1.86. The van der Waals surface area contributed by atoms with Crippen molar-refractivity contribution in [3.63, 3.8) is 0 Å². The molecule has 82 valence electrons. The number of benzene rings is 1. The van der Waals surface area contributed by atoms with E-state index >= 15 is 0 Å². The second kappa shape index (κ2) is 6.19. The van der Waals surface area contributed by atoms with Gasteiger partial charge in [0, 0.05) is 6.61 Å². The van der Waals surface area contributed by atoms with Crippen molar-refractivity contribution in [1.29, 1.82) is 0 Å². The normalized spacial score (nSPS) is 10.2. The lowest BCUT2D eigenvalue weighted by Crippen LogP contribution is -2.00. The number of carbonyl (C=O) groups is 1. The molecule has 0 saturated carbocycles. The van der Waals surface area contributed by atoms with E-state index in [9.17, 15) is 4.79 Å². The average molecular weight is 208 g/mol. The molecule has 0 unspecified atom stereocenters. The first-order chi connectivity index (χ1) is 7.24. The number of carboxylic acid groups (broad SMARTS) is 1. The van der Waals surface area contributed by atoms with E-state index in [4.69, 9.17) is 9.84 Å². The number of aromatic carboxylic acids is 1. The zero-order valence-corrected chi connectivity index (χ0v) is 8.90. The molecule has 1 rings (SSSR count). The maximum atomic E-state index is 10.6. The molecule has 0 spiro atoms. The van der Waals surface area contributed by atoms with Gasteiger partial charge in [0.15, 0.2) is 0 Å². The van der Waals surface area contributed by atoms with Gasteiger partial charge in [-0.15, -0.1) is 0 Å². The minimum absolute atomic E-state index is 0.327. The Bertz CT molecular complexity index is 303. The molecule has 0 fully saturated rings. The Morgan fingerprint density at radius 2 is 1.93 bits per heavy atom. The fourth-order valence-electron chi connectivity index (χ4n) is 1.25. The molecule has 3 nitrogen and oxygen atoms in total. The number of hydrogen-bond acceptors (Lipinski definition) is 2. The highest BCUT2D eigenvalue weighted by molar-refractivity contribution is 5.87. The molecule has 1 aromatic rings. The standard InChI is InChI=1S/C12H16O3/c1-2-8-15-9-7-10-3-5-11(6-4-10)12(13)14/h3-6H,2,7-9H2,1H3,(H,13,14). The van der Waals surface area contributed by atoms with Gasteiger partial charge in [-0.2, -0.15) is 0 Å². The lowest BCUT2D eigenvalue weighted by Gasteiger charge is -2.03. The number of carboxylic acids is 1. The van der Waals surface area contributed by atoms with Crippen LogP contribution >= 0.6 is 0 Å². The summed E-state index contributed by atoms with van der Waals surface area (Å²) in [5.41, 5.74) is 1.43. The van der Waals surface area contributed by atoms with Crippen molar-refractivity contribution in [2.45, 2.75) is 19.8 Å². The summed E-state index contributed by atoms with van der Waals surface area (Å²) in [6, 6.07) is 6.91. The monoisotopic (exact) mass is 208 g/mol. The van der Waals surface area contributed by atoms with Crippen molar-refractivity contribution in [2.24, 2.45) is 0 Å². The van der Waals surface area contributed by atoms with E-state index in [2.05, 4.69) is 6.92 Å². The summed E-state index contributed by atoms with van der Waals surface area (Å²) >= 11 is 0. The largest absolute Gasteiger partial charge is 0.478 e. The molecule has 0 aromatic heterocycles. The van der Waals surface area contributed by atoms with Crippen molar-refractivity contribution in [1.82, 2.24) is 0 Å². The number of hydrogen-bond donors (Lipinski definition) is 1. The van der Waals surface area contributed by atoms with Gasteiger partial charge in [-0.3, -0.25) is 0 Å². The highest BCUT2D eigenvalue weighted by atomic mass is 16.5. The zero-order valence-electron chi connectivity index (χ0n) is 8.90. The van der Waals surface area contributed by atoms with Crippen molar-refractivity contribution in [2.75, 3.05) is 13.2 Å². The molecule has 15 heavy (non-hydrogen) atoms. The van der Waals surface area contributed by atoms with Gasteiger partial charge in [-0.05, 0) is 30.5 Å². The quantitative estimate of drug-likeness (QED) is 0.730. The van der Waals surface area contributed by atoms with Gasteiger partial charge in [0.25, 0.3) is 0 Å². The summed E-state index contributed by atoms with van der Waals surface area (Å²) in [7, 11) is 0. The molecule has 0 bridgehead atoms. The van der Waals surface area contributed by atoms with Crippen LogP contribution in [-0.4, -0.2) is 24.3 Å². The second-order valence-electron chi connectivity index (χ2n) is 3.36. The van der Waals surface area contributed by atoms with Crippen molar-refractivity contribution < 1.29 is 14.6 Å². The average Bonchev–Trinajstić information content (AvgIpc) is 2.25. The minimum atomic E-state index is -0.885. The third-order valence-corrected chi connectivity index (χ3v) is 2.08. The Kier molecular flexibility index (Phi) is 4.84. The Balaban J connectivity index is 2.39. The van der Waals surface area contributed by atoms with Gasteiger partial charge in [-0.25, -0.2) is 4.79 Å². The van der Waals surface area contributed by atoms with Crippen LogP contribution in [0.15, 0.2) is 24.3 Å². The fourth-order valence-corrected chi connectivity index (χ4v) is 1.25. The molecule has 0 radical (unpaired) electrons. The van der Waals surface area contributed by atoms with Gasteiger partial charge in [0.1, 0.15) is 0 Å². The molecule has 0 heterocycles. The van der Waals surface area contributed by atoms with Gasteiger partial charge in [0.05, 0.1) is 12.2 Å². The van der Waals surface area contributed by atoms with Crippen LogP contribution in [0.1, 0.15) is 29.3 Å². The smallest absolute Gasteiger partial charge is 0.335 e. The topological polar surface area (TPSA) is 46.5 Å². The predicted molar refractivity (Wildman–Crippen MR) is 58.2 cm³/mol. The van der Waals surface area contributed by atoms with Crippen molar-refractivity contribution in [3.05, 3.63) is 35.4 Å². The van der Waals surface area contributed by atoms with Crippen molar-refractivity contribution in [3.8, 4) is 0 Å². The highest BCUT2D eigenvalue weighted by Gasteiger charge is 2.01. The zero-order chi connectivity index (χ0) is 11.1. The summed E-state index contributed by atoms with van der Waals surface area (Å²) in [5.74, 6) is -0.885. The molecule has 3 heteroatoms. The Morgan fingerprint density at radius 3 is 2.47 bits per heavy atom. The van der Waals surface area contributed by atoms with Gasteiger partial charge < -0.3 is 9.84 Å². The van der Waals surface area contributed by atoms with Gasteiger partial charge in [0.2, 0.25) is 0 Å². The molecule has 0 aliphatic rings. The first-order valence-corrected chi connectivity index (χ1v) is 5.14. The van der Waals surface area contributed by atoms with Gasteiger partial charge >= 0.3 is 5.97 Å². The summed E-state index contributed by atoms with van der Waals surface area (Å²) in [4.78, 5) is 10.6. The fraction of sp³-hybridized carbons (Fsp3) is 0.417. The summed E-state index contributed by atoms with van der Waals surface area (Å²) in [6.45, 7) is 3.55. The summed E-state index contributed by atoms with van der Waals surface area (Å²) in [5, 5.41) is 8.70. The van der Waals surface area contributed by atoms with E-state index in [1.54, 1.807) is 12.1 Å². The van der Waals surface area contributed by atoms with Crippen LogP contribution in [0.5, 0.6) is 0 Å². The maximum Gasteiger partial charge on any atom is 0.335 e. The maximum absolute atomic E-state index is 10.6. The van der Waals surface area contributed by atoms with Crippen LogP contribution in [0.2, 0.25) is 0 Å². The second-order valence-corrected chi connectivity index (χ2v) is 3.36. The highest BCUT2D eigenvalue weighted by Crippen LogP contribution is 2.05. The lowest BCUT2D eigenvalue weighted by molar-refractivity contribution is 0.0697.